The summed E-state index contributed by atoms with van der Waals surface area (Å²) < 4.78 is 0. The fraction of sp³-hybridized carbons (Fsp3) is 0.562. The highest BCUT2D eigenvalue weighted by Gasteiger charge is 2.15. The van der Waals surface area contributed by atoms with Crippen LogP contribution in [0.4, 0.5) is 0 Å². The van der Waals surface area contributed by atoms with Gasteiger partial charge in [-0.1, -0.05) is 43.7 Å². The molecule has 0 spiro atoms. The van der Waals surface area contributed by atoms with E-state index in [2.05, 4.69) is 25.7 Å². The Morgan fingerprint density at radius 3 is 2.22 bits per heavy atom. The van der Waals surface area contributed by atoms with Crippen LogP contribution in [-0.4, -0.2) is 30.3 Å². The fourth-order valence-corrected chi connectivity index (χ4v) is 2.08. The number of hydrogen-bond donors (Lipinski definition) is 0. The van der Waals surface area contributed by atoms with Crippen molar-refractivity contribution in [2.24, 2.45) is 5.92 Å². The van der Waals surface area contributed by atoms with Crippen LogP contribution in [0, 0.1) is 12.8 Å². The number of ketones is 1. The Kier molecular flexibility index (Phi) is 5.54. The molecule has 0 bridgehead atoms. The predicted octanol–water partition coefficient (Wildman–Crippen LogP) is 3.54. The second-order valence-corrected chi connectivity index (χ2v) is 5.68. The van der Waals surface area contributed by atoms with Crippen LogP contribution >= 0.6 is 0 Å². The molecule has 0 aliphatic heterocycles. The van der Waals surface area contributed by atoms with E-state index in [4.69, 9.17) is 0 Å². The van der Waals surface area contributed by atoms with Crippen LogP contribution in [0.5, 0.6) is 0 Å². The molecule has 0 N–H and O–H groups in total. The normalized spacial score (nSPS) is 13.1. The van der Waals surface area contributed by atoms with E-state index >= 15 is 0 Å². The standard InChI is InChI=1S/C16H25NO/c1-12(2)10-14(4)17(5)11-16(18)15-8-6-13(3)7-9-15/h6-9,12,14H,10-11H2,1-5H3. The van der Waals surface area contributed by atoms with Gasteiger partial charge in [-0.15, -0.1) is 0 Å². The number of carbonyl (C=O) groups excluding carboxylic acids is 1. The Labute approximate surface area is 111 Å². The van der Waals surface area contributed by atoms with Crippen molar-refractivity contribution in [1.82, 2.24) is 4.90 Å². The van der Waals surface area contributed by atoms with E-state index in [9.17, 15) is 4.79 Å². The lowest BCUT2D eigenvalue weighted by Gasteiger charge is -2.25. The van der Waals surface area contributed by atoms with Crippen LogP contribution < -0.4 is 0 Å². The van der Waals surface area contributed by atoms with Gasteiger partial charge in [0.25, 0.3) is 0 Å². The van der Waals surface area contributed by atoms with Crippen molar-refractivity contribution in [2.75, 3.05) is 13.6 Å². The molecule has 2 nitrogen and oxygen atoms in total. The molecule has 0 aliphatic carbocycles. The zero-order chi connectivity index (χ0) is 13.7. The average molecular weight is 247 g/mol. The van der Waals surface area contributed by atoms with Crippen LogP contribution in [-0.2, 0) is 0 Å². The molecule has 0 radical (unpaired) electrons. The van der Waals surface area contributed by atoms with Crippen LogP contribution in [0.3, 0.4) is 0 Å². The maximum Gasteiger partial charge on any atom is 0.176 e. The Balaban J connectivity index is 2.56. The maximum atomic E-state index is 12.1. The van der Waals surface area contributed by atoms with Gasteiger partial charge in [-0.3, -0.25) is 9.69 Å². The maximum absolute atomic E-state index is 12.1. The van der Waals surface area contributed by atoms with E-state index in [1.165, 1.54) is 5.56 Å². The number of rotatable bonds is 6. The zero-order valence-electron chi connectivity index (χ0n) is 12.2. The molecular formula is C16H25NO. The van der Waals surface area contributed by atoms with Crippen molar-refractivity contribution in [3.8, 4) is 0 Å². The highest BCUT2D eigenvalue weighted by atomic mass is 16.1. The largest absolute Gasteiger partial charge is 0.296 e. The summed E-state index contributed by atoms with van der Waals surface area (Å²) in [5, 5.41) is 0. The van der Waals surface area contributed by atoms with E-state index in [1.807, 2.05) is 38.2 Å². The molecule has 1 unspecified atom stereocenters. The van der Waals surface area contributed by atoms with Gasteiger partial charge in [-0.25, -0.2) is 0 Å². The zero-order valence-corrected chi connectivity index (χ0v) is 12.2. The van der Waals surface area contributed by atoms with Crippen molar-refractivity contribution >= 4 is 5.78 Å². The Morgan fingerprint density at radius 1 is 1.17 bits per heavy atom. The lowest BCUT2D eigenvalue weighted by Crippen LogP contribution is -2.34. The lowest BCUT2D eigenvalue weighted by atomic mass is 10.0. The number of benzene rings is 1. The Morgan fingerprint density at radius 2 is 1.72 bits per heavy atom. The molecule has 0 aliphatic rings. The van der Waals surface area contributed by atoms with Gasteiger partial charge < -0.3 is 0 Å². The molecule has 0 saturated heterocycles. The minimum absolute atomic E-state index is 0.202. The minimum atomic E-state index is 0.202. The van der Waals surface area contributed by atoms with E-state index in [1.54, 1.807) is 0 Å². The number of carbonyl (C=O) groups is 1. The summed E-state index contributed by atoms with van der Waals surface area (Å²) in [6.07, 6.45) is 1.12. The van der Waals surface area contributed by atoms with E-state index in [0.29, 0.717) is 18.5 Å². The van der Waals surface area contributed by atoms with Crippen LogP contribution in [0.15, 0.2) is 24.3 Å². The number of nitrogens with zero attached hydrogens (tertiary/aromatic N) is 1. The third-order valence-electron chi connectivity index (χ3n) is 3.33. The average Bonchev–Trinajstić information content (AvgIpc) is 2.28. The SMILES string of the molecule is Cc1ccc(C(=O)CN(C)C(C)CC(C)C)cc1. The molecule has 0 fully saturated rings. The van der Waals surface area contributed by atoms with Crippen molar-refractivity contribution in [3.05, 3.63) is 35.4 Å². The molecule has 0 amide bonds. The Bertz CT molecular complexity index is 381. The summed E-state index contributed by atoms with van der Waals surface area (Å²) >= 11 is 0. The summed E-state index contributed by atoms with van der Waals surface area (Å²) in [5.41, 5.74) is 2.00. The molecule has 0 saturated carbocycles. The quantitative estimate of drug-likeness (QED) is 0.717. The first-order valence-corrected chi connectivity index (χ1v) is 6.70. The van der Waals surface area contributed by atoms with E-state index in [0.717, 1.165) is 12.0 Å². The number of Topliss-reactive ketones (excluding diaryl/α,β-unsaturated/α-hetero) is 1. The molecule has 18 heavy (non-hydrogen) atoms. The fourth-order valence-electron chi connectivity index (χ4n) is 2.08. The Hall–Kier alpha value is -1.15. The van der Waals surface area contributed by atoms with Gasteiger partial charge in [0.2, 0.25) is 0 Å². The number of likely N-dealkylation sites (N-methyl/N-ethyl adjacent to an activating group) is 1. The van der Waals surface area contributed by atoms with Crippen molar-refractivity contribution < 1.29 is 4.79 Å². The first-order valence-electron chi connectivity index (χ1n) is 6.70. The van der Waals surface area contributed by atoms with E-state index < -0.39 is 0 Å². The minimum Gasteiger partial charge on any atom is -0.296 e. The topological polar surface area (TPSA) is 20.3 Å². The van der Waals surface area contributed by atoms with Crippen LogP contribution in [0.25, 0.3) is 0 Å². The smallest absolute Gasteiger partial charge is 0.176 e. The third-order valence-corrected chi connectivity index (χ3v) is 3.33. The predicted molar refractivity (Wildman–Crippen MR) is 77.1 cm³/mol. The number of aryl methyl sites for hydroxylation is 1. The molecule has 1 rings (SSSR count). The number of hydrogen-bond acceptors (Lipinski definition) is 2. The lowest BCUT2D eigenvalue weighted by molar-refractivity contribution is 0.0916. The van der Waals surface area contributed by atoms with Crippen LogP contribution in [0.2, 0.25) is 0 Å². The highest BCUT2D eigenvalue weighted by molar-refractivity contribution is 5.97. The summed E-state index contributed by atoms with van der Waals surface area (Å²) in [4.78, 5) is 14.3. The van der Waals surface area contributed by atoms with Gasteiger partial charge in [-0.2, -0.15) is 0 Å². The summed E-state index contributed by atoms with van der Waals surface area (Å²) in [6.45, 7) is 9.14. The molecule has 1 aromatic rings. The van der Waals surface area contributed by atoms with Gasteiger partial charge in [0, 0.05) is 11.6 Å². The van der Waals surface area contributed by atoms with Crippen molar-refractivity contribution in [1.29, 1.82) is 0 Å². The third kappa shape index (κ3) is 4.61. The van der Waals surface area contributed by atoms with Crippen molar-refractivity contribution in [3.63, 3.8) is 0 Å². The molecule has 1 atom stereocenters. The first-order chi connectivity index (χ1) is 8.40. The van der Waals surface area contributed by atoms with Gasteiger partial charge in [0.05, 0.1) is 6.54 Å². The highest BCUT2D eigenvalue weighted by Crippen LogP contribution is 2.11. The molecule has 2 heteroatoms. The first kappa shape index (κ1) is 14.9. The molecule has 1 aromatic carbocycles. The second kappa shape index (κ2) is 6.69. The van der Waals surface area contributed by atoms with Crippen molar-refractivity contribution in [2.45, 2.75) is 40.2 Å². The molecular weight excluding hydrogens is 222 g/mol. The molecule has 0 aromatic heterocycles. The summed E-state index contributed by atoms with van der Waals surface area (Å²) in [5.74, 6) is 0.866. The van der Waals surface area contributed by atoms with E-state index in [-0.39, 0.29) is 5.78 Å². The summed E-state index contributed by atoms with van der Waals surface area (Å²) in [6, 6.07) is 8.26. The molecule has 0 heterocycles. The van der Waals surface area contributed by atoms with Gasteiger partial charge >= 0.3 is 0 Å². The van der Waals surface area contributed by atoms with Gasteiger partial charge in [-0.05, 0) is 33.2 Å². The summed E-state index contributed by atoms with van der Waals surface area (Å²) in [7, 11) is 2.03. The van der Waals surface area contributed by atoms with Gasteiger partial charge in [0.1, 0.15) is 0 Å². The second-order valence-electron chi connectivity index (χ2n) is 5.68. The van der Waals surface area contributed by atoms with Gasteiger partial charge in [0.15, 0.2) is 5.78 Å². The molecule has 100 valence electrons. The monoisotopic (exact) mass is 247 g/mol. The van der Waals surface area contributed by atoms with Crippen LogP contribution in [0.1, 0.15) is 43.1 Å².